The van der Waals surface area contributed by atoms with Crippen molar-refractivity contribution >= 4 is 6.08 Å². The van der Waals surface area contributed by atoms with Gasteiger partial charge in [0, 0.05) is 11.8 Å². The van der Waals surface area contributed by atoms with Crippen LogP contribution in [0.3, 0.4) is 0 Å². The van der Waals surface area contributed by atoms with Crippen molar-refractivity contribution in [2.75, 3.05) is 0 Å². The molecule has 2 aromatic rings. The fourth-order valence-corrected chi connectivity index (χ4v) is 3.28. The van der Waals surface area contributed by atoms with Crippen molar-refractivity contribution in [2.24, 2.45) is 0 Å². The third-order valence-corrected chi connectivity index (χ3v) is 4.83. The van der Waals surface area contributed by atoms with Crippen LogP contribution >= 0.6 is 0 Å². The number of aromatic nitrogens is 1. The average Bonchev–Trinajstić information content (AvgIpc) is 2.59. The van der Waals surface area contributed by atoms with Crippen LogP contribution in [0, 0.1) is 6.92 Å². The fourth-order valence-electron chi connectivity index (χ4n) is 3.28. The zero-order chi connectivity index (χ0) is 18.7. The number of aryl methyl sites for hydroxylation is 1. The molecule has 0 saturated carbocycles. The molecule has 3 rings (SSSR count). The van der Waals surface area contributed by atoms with Crippen molar-refractivity contribution in [1.29, 1.82) is 0 Å². The van der Waals surface area contributed by atoms with Gasteiger partial charge in [-0.2, -0.15) is 0 Å². The molecule has 1 aromatic heterocycles. The third kappa shape index (κ3) is 3.98. The monoisotopic (exact) mass is 349 g/mol. The number of hydrogen-bond acceptors (Lipinski definition) is 2. The van der Waals surface area contributed by atoms with Crippen LogP contribution in [-0.2, 0) is 6.54 Å². The molecule has 2 heterocycles. The quantitative estimate of drug-likeness (QED) is 0.702. The van der Waals surface area contributed by atoms with E-state index in [1.165, 1.54) is 5.57 Å². The fraction of sp³-hybridized carbons (Fsp3) is 0.348. The van der Waals surface area contributed by atoms with E-state index in [9.17, 15) is 4.79 Å². The zero-order valence-corrected chi connectivity index (χ0v) is 16.1. The summed E-state index contributed by atoms with van der Waals surface area (Å²) in [6.45, 7) is 8.83. The first-order valence-electron chi connectivity index (χ1n) is 9.18. The lowest BCUT2D eigenvalue weighted by Crippen LogP contribution is -2.35. The summed E-state index contributed by atoms with van der Waals surface area (Å²) in [4.78, 5) is 13.0. The molecule has 0 N–H and O–H groups in total. The van der Waals surface area contributed by atoms with Crippen molar-refractivity contribution in [2.45, 2.75) is 52.7 Å². The minimum atomic E-state index is -0.372. The van der Waals surface area contributed by atoms with Gasteiger partial charge >= 0.3 is 0 Å². The van der Waals surface area contributed by atoms with Gasteiger partial charge < -0.3 is 9.30 Å². The molecule has 0 unspecified atom stereocenters. The summed E-state index contributed by atoms with van der Waals surface area (Å²) in [5.41, 5.74) is 3.62. The van der Waals surface area contributed by atoms with Gasteiger partial charge in [0.1, 0.15) is 11.4 Å². The van der Waals surface area contributed by atoms with E-state index in [2.05, 4.69) is 26.8 Å². The number of pyridine rings is 1. The summed E-state index contributed by atoms with van der Waals surface area (Å²) < 4.78 is 8.05. The Balaban J connectivity index is 1.88. The molecule has 136 valence electrons. The average molecular weight is 349 g/mol. The molecule has 0 bridgehead atoms. The normalized spacial score (nSPS) is 18.2. The second kappa shape index (κ2) is 7.36. The standard InChI is InChI=1S/C23H27NO2/c1-17(2)9-8-13-23(4)14-12-20-21(26-23)15-18(3)24(22(20)25)16-19-10-6-5-7-11-19/h5-7,9-12,14-15H,8,13,16H2,1-4H3/t23-/m1/s1. The van der Waals surface area contributed by atoms with Crippen LogP contribution in [0.5, 0.6) is 5.75 Å². The molecule has 0 amide bonds. The summed E-state index contributed by atoms with van der Waals surface area (Å²) in [5, 5.41) is 0. The lowest BCUT2D eigenvalue weighted by Gasteiger charge is -2.32. The maximum atomic E-state index is 13.0. The Morgan fingerprint density at radius 1 is 1.23 bits per heavy atom. The van der Waals surface area contributed by atoms with Crippen molar-refractivity contribution < 1.29 is 4.74 Å². The van der Waals surface area contributed by atoms with Crippen molar-refractivity contribution in [3.05, 3.63) is 81.3 Å². The van der Waals surface area contributed by atoms with Crippen molar-refractivity contribution in [3.63, 3.8) is 0 Å². The topological polar surface area (TPSA) is 31.2 Å². The van der Waals surface area contributed by atoms with Crippen LogP contribution < -0.4 is 10.3 Å². The molecule has 3 heteroatoms. The summed E-state index contributed by atoms with van der Waals surface area (Å²) in [7, 11) is 0. The van der Waals surface area contributed by atoms with E-state index in [1.54, 1.807) is 0 Å². The first-order chi connectivity index (χ1) is 12.4. The van der Waals surface area contributed by atoms with E-state index in [0.717, 1.165) is 24.1 Å². The number of benzene rings is 1. The minimum Gasteiger partial charge on any atom is -0.483 e. The van der Waals surface area contributed by atoms with E-state index in [1.807, 2.05) is 60.0 Å². The highest BCUT2D eigenvalue weighted by Crippen LogP contribution is 2.32. The molecule has 1 aliphatic rings. The zero-order valence-electron chi connectivity index (χ0n) is 16.1. The Kier molecular flexibility index (Phi) is 5.17. The van der Waals surface area contributed by atoms with Gasteiger partial charge in [-0.15, -0.1) is 0 Å². The molecule has 1 aromatic carbocycles. The highest BCUT2D eigenvalue weighted by atomic mass is 16.5. The Morgan fingerprint density at radius 3 is 2.65 bits per heavy atom. The third-order valence-electron chi connectivity index (χ3n) is 4.83. The lowest BCUT2D eigenvalue weighted by atomic mass is 9.95. The van der Waals surface area contributed by atoms with Crippen LogP contribution in [0.4, 0.5) is 0 Å². The molecule has 1 aliphatic heterocycles. The summed E-state index contributed by atoms with van der Waals surface area (Å²) in [5.74, 6) is 0.694. The Bertz CT molecular complexity index is 902. The molecule has 0 saturated heterocycles. The van der Waals surface area contributed by atoms with Gasteiger partial charge in [-0.25, -0.2) is 0 Å². The molecule has 0 radical (unpaired) electrons. The molecule has 0 aliphatic carbocycles. The van der Waals surface area contributed by atoms with Gasteiger partial charge in [-0.1, -0.05) is 42.0 Å². The number of ether oxygens (including phenoxy) is 1. The first kappa shape index (κ1) is 18.2. The van der Waals surface area contributed by atoms with E-state index in [0.29, 0.717) is 17.9 Å². The van der Waals surface area contributed by atoms with Crippen LogP contribution in [0.25, 0.3) is 6.08 Å². The molecule has 1 atom stereocenters. The predicted molar refractivity (Wildman–Crippen MR) is 108 cm³/mol. The molecule has 26 heavy (non-hydrogen) atoms. The molecular formula is C23H27NO2. The highest BCUT2D eigenvalue weighted by molar-refractivity contribution is 5.60. The van der Waals surface area contributed by atoms with Crippen LogP contribution in [0.2, 0.25) is 0 Å². The Hall–Kier alpha value is -2.55. The number of allylic oxidation sites excluding steroid dienone is 2. The summed E-state index contributed by atoms with van der Waals surface area (Å²) in [6, 6.07) is 12.0. The van der Waals surface area contributed by atoms with Gasteiger partial charge in [0.05, 0.1) is 12.1 Å². The van der Waals surface area contributed by atoms with E-state index < -0.39 is 0 Å². The Labute approximate surface area is 155 Å². The van der Waals surface area contributed by atoms with E-state index >= 15 is 0 Å². The highest BCUT2D eigenvalue weighted by Gasteiger charge is 2.28. The van der Waals surface area contributed by atoms with Crippen LogP contribution in [0.15, 0.2) is 58.9 Å². The largest absolute Gasteiger partial charge is 0.483 e. The van der Waals surface area contributed by atoms with Crippen LogP contribution in [0.1, 0.15) is 50.4 Å². The van der Waals surface area contributed by atoms with Gasteiger partial charge in [0.25, 0.3) is 5.56 Å². The number of fused-ring (bicyclic) bond motifs is 1. The molecule has 0 fully saturated rings. The van der Waals surface area contributed by atoms with E-state index in [4.69, 9.17) is 4.74 Å². The predicted octanol–water partition coefficient (Wildman–Crippen LogP) is 5.12. The maximum Gasteiger partial charge on any atom is 0.262 e. The minimum absolute atomic E-state index is 0.00597. The van der Waals surface area contributed by atoms with Crippen molar-refractivity contribution in [3.8, 4) is 5.75 Å². The number of nitrogens with zero attached hydrogens (tertiary/aromatic N) is 1. The summed E-state index contributed by atoms with van der Waals surface area (Å²) in [6.07, 6.45) is 8.03. The smallest absolute Gasteiger partial charge is 0.262 e. The number of rotatable bonds is 5. The van der Waals surface area contributed by atoms with Crippen molar-refractivity contribution in [1.82, 2.24) is 4.57 Å². The second-order valence-corrected chi connectivity index (χ2v) is 7.51. The van der Waals surface area contributed by atoms with Gasteiger partial charge in [0.15, 0.2) is 0 Å². The number of hydrogen-bond donors (Lipinski definition) is 0. The maximum absolute atomic E-state index is 13.0. The first-order valence-corrected chi connectivity index (χ1v) is 9.18. The van der Waals surface area contributed by atoms with E-state index in [-0.39, 0.29) is 11.2 Å². The van der Waals surface area contributed by atoms with Crippen LogP contribution in [-0.4, -0.2) is 10.2 Å². The molecular weight excluding hydrogens is 322 g/mol. The Morgan fingerprint density at radius 2 is 1.96 bits per heavy atom. The molecule has 3 nitrogen and oxygen atoms in total. The SMILES string of the molecule is CC(C)=CCC[C@]1(C)C=Cc2c(cc(C)n(Cc3ccccc3)c2=O)O1. The molecule has 0 spiro atoms. The van der Waals surface area contributed by atoms with Gasteiger partial charge in [-0.3, -0.25) is 4.79 Å². The summed E-state index contributed by atoms with van der Waals surface area (Å²) >= 11 is 0. The van der Waals surface area contributed by atoms with Gasteiger partial charge in [-0.05, 0) is 58.3 Å². The lowest BCUT2D eigenvalue weighted by molar-refractivity contribution is 0.128. The van der Waals surface area contributed by atoms with Gasteiger partial charge in [0.2, 0.25) is 0 Å². The second-order valence-electron chi connectivity index (χ2n) is 7.51.